The summed E-state index contributed by atoms with van der Waals surface area (Å²) in [5.74, 6) is 0.0164. The van der Waals surface area contributed by atoms with Crippen molar-refractivity contribution in [3.05, 3.63) is 30.2 Å². The van der Waals surface area contributed by atoms with Crippen LogP contribution in [-0.2, 0) is 7.05 Å². The van der Waals surface area contributed by atoms with Crippen molar-refractivity contribution in [2.24, 2.45) is 12.8 Å². The molecular formula is C9H10N6S. The van der Waals surface area contributed by atoms with Crippen LogP contribution in [0.4, 0.5) is 0 Å². The van der Waals surface area contributed by atoms with Crippen LogP contribution in [0.25, 0.3) is 0 Å². The van der Waals surface area contributed by atoms with E-state index in [0.717, 1.165) is 10.2 Å². The van der Waals surface area contributed by atoms with Gasteiger partial charge in [0.15, 0.2) is 5.16 Å². The molecule has 2 rings (SSSR count). The second-order valence-electron chi connectivity index (χ2n) is 3.13. The van der Waals surface area contributed by atoms with Crippen LogP contribution in [0.1, 0.15) is 5.56 Å². The van der Waals surface area contributed by atoms with E-state index in [1.54, 1.807) is 24.7 Å². The Balaban J connectivity index is 2.17. The van der Waals surface area contributed by atoms with Crippen molar-refractivity contribution in [1.29, 1.82) is 5.41 Å². The number of hydrogen-bond acceptors (Lipinski definition) is 5. The minimum Gasteiger partial charge on any atom is -0.384 e. The molecule has 0 radical (unpaired) electrons. The van der Waals surface area contributed by atoms with E-state index in [2.05, 4.69) is 15.2 Å². The van der Waals surface area contributed by atoms with Gasteiger partial charge in [-0.25, -0.2) is 4.98 Å². The summed E-state index contributed by atoms with van der Waals surface area (Å²) in [7, 11) is 1.87. The summed E-state index contributed by atoms with van der Waals surface area (Å²) in [6, 6.07) is 3.56. The highest BCUT2D eigenvalue weighted by molar-refractivity contribution is 7.99. The van der Waals surface area contributed by atoms with E-state index in [4.69, 9.17) is 11.1 Å². The average molecular weight is 234 g/mol. The zero-order valence-corrected chi connectivity index (χ0v) is 9.40. The third kappa shape index (κ3) is 2.19. The van der Waals surface area contributed by atoms with E-state index >= 15 is 0 Å². The lowest BCUT2D eigenvalue weighted by Gasteiger charge is -2.01. The van der Waals surface area contributed by atoms with Crippen molar-refractivity contribution in [3.8, 4) is 0 Å². The van der Waals surface area contributed by atoms with Gasteiger partial charge in [-0.05, 0) is 23.9 Å². The molecule has 2 aromatic rings. The monoisotopic (exact) mass is 234 g/mol. The van der Waals surface area contributed by atoms with Gasteiger partial charge in [0.05, 0.1) is 0 Å². The molecule has 16 heavy (non-hydrogen) atoms. The average Bonchev–Trinajstić information content (AvgIpc) is 2.65. The molecule has 0 amide bonds. The van der Waals surface area contributed by atoms with Crippen molar-refractivity contribution < 1.29 is 0 Å². The largest absolute Gasteiger partial charge is 0.384 e. The van der Waals surface area contributed by atoms with Crippen LogP contribution in [0.2, 0.25) is 0 Å². The van der Waals surface area contributed by atoms with E-state index in [0.29, 0.717) is 5.56 Å². The Labute approximate surface area is 96.4 Å². The molecule has 0 saturated heterocycles. The Hall–Kier alpha value is -1.89. The summed E-state index contributed by atoms with van der Waals surface area (Å²) < 4.78 is 1.81. The van der Waals surface area contributed by atoms with Crippen LogP contribution in [0.3, 0.4) is 0 Å². The minimum absolute atomic E-state index is 0.0164. The summed E-state index contributed by atoms with van der Waals surface area (Å²) in [6.07, 6.45) is 3.20. The molecule has 0 saturated carbocycles. The predicted molar refractivity (Wildman–Crippen MR) is 60.4 cm³/mol. The lowest BCUT2D eigenvalue weighted by atomic mass is 10.3. The third-order valence-electron chi connectivity index (χ3n) is 1.91. The summed E-state index contributed by atoms with van der Waals surface area (Å²) in [4.78, 5) is 4.18. The first kappa shape index (κ1) is 10.6. The van der Waals surface area contributed by atoms with E-state index in [1.807, 2.05) is 11.6 Å². The lowest BCUT2D eigenvalue weighted by Crippen LogP contribution is -2.11. The van der Waals surface area contributed by atoms with Gasteiger partial charge in [-0.3, -0.25) is 5.41 Å². The highest BCUT2D eigenvalue weighted by atomic mass is 32.2. The molecule has 82 valence electrons. The first-order valence-corrected chi connectivity index (χ1v) is 5.31. The Kier molecular flexibility index (Phi) is 2.86. The molecule has 0 unspecified atom stereocenters. The number of amidine groups is 1. The van der Waals surface area contributed by atoms with Gasteiger partial charge in [-0.1, -0.05) is 0 Å². The molecule has 7 heteroatoms. The third-order valence-corrected chi connectivity index (χ3v) is 2.92. The molecule has 0 fully saturated rings. The van der Waals surface area contributed by atoms with Crippen molar-refractivity contribution in [3.63, 3.8) is 0 Å². The van der Waals surface area contributed by atoms with Crippen LogP contribution >= 0.6 is 11.8 Å². The van der Waals surface area contributed by atoms with Gasteiger partial charge in [0.1, 0.15) is 17.2 Å². The number of aryl methyl sites for hydroxylation is 1. The molecule has 2 aromatic heterocycles. The zero-order chi connectivity index (χ0) is 11.5. The number of nitrogens with zero attached hydrogens (tertiary/aromatic N) is 4. The predicted octanol–water partition coefficient (Wildman–Crippen LogP) is 0.645. The number of pyridine rings is 1. The van der Waals surface area contributed by atoms with Crippen LogP contribution < -0.4 is 5.73 Å². The van der Waals surface area contributed by atoms with Gasteiger partial charge in [0, 0.05) is 18.8 Å². The standard InChI is InChI=1S/C9H10N6S/c1-15-5-13-14-9(15)16-7-3-2-6(4-12-7)8(10)11/h2-5H,1H3,(H3,10,11). The van der Waals surface area contributed by atoms with Crippen molar-refractivity contribution in [2.45, 2.75) is 10.2 Å². The minimum atomic E-state index is 0.0164. The number of hydrogen-bond donors (Lipinski definition) is 2. The Morgan fingerprint density at radius 2 is 2.31 bits per heavy atom. The van der Waals surface area contributed by atoms with Crippen LogP contribution in [0, 0.1) is 5.41 Å². The van der Waals surface area contributed by atoms with Crippen LogP contribution in [-0.4, -0.2) is 25.6 Å². The fourth-order valence-corrected chi connectivity index (χ4v) is 1.77. The fourth-order valence-electron chi connectivity index (χ4n) is 1.06. The fraction of sp³-hybridized carbons (Fsp3) is 0.111. The summed E-state index contributed by atoms with van der Waals surface area (Å²) in [5, 5.41) is 16.5. The first-order chi connectivity index (χ1) is 7.66. The molecule has 6 nitrogen and oxygen atoms in total. The molecule has 0 spiro atoms. The zero-order valence-electron chi connectivity index (χ0n) is 8.58. The summed E-state index contributed by atoms with van der Waals surface area (Å²) in [6.45, 7) is 0. The highest BCUT2D eigenvalue weighted by Gasteiger charge is 2.05. The maximum atomic E-state index is 7.24. The maximum absolute atomic E-state index is 7.24. The Bertz CT molecular complexity index is 503. The maximum Gasteiger partial charge on any atom is 0.197 e. The molecule has 0 aliphatic rings. The summed E-state index contributed by atoms with van der Waals surface area (Å²) >= 11 is 1.41. The molecule has 2 heterocycles. The normalized spacial score (nSPS) is 10.3. The van der Waals surface area contributed by atoms with Crippen LogP contribution in [0.5, 0.6) is 0 Å². The number of nitrogens with one attached hydrogen (secondary N) is 1. The molecule has 0 aromatic carbocycles. The molecule has 0 bridgehead atoms. The van der Waals surface area contributed by atoms with E-state index in [1.165, 1.54) is 11.8 Å². The second kappa shape index (κ2) is 4.31. The first-order valence-electron chi connectivity index (χ1n) is 4.49. The van der Waals surface area contributed by atoms with Gasteiger partial charge >= 0.3 is 0 Å². The molecule has 3 N–H and O–H groups in total. The van der Waals surface area contributed by atoms with Gasteiger partial charge in [-0.15, -0.1) is 10.2 Å². The quantitative estimate of drug-likeness (QED) is 0.600. The van der Waals surface area contributed by atoms with Crippen molar-refractivity contribution in [1.82, 2.24) is 19.7 Å². The topological polar surface area (TPSA) is 93.5 Å². The molecule has 0 atom stereocenters. The van der Waals surface area contributed by atoms with Gasteiger partial charge < -0.3 is 10.3 Å². The van der Waals surface area contributed by atoms with Gasteiger partial charge in [0.25, 0.3) is 0 Å². The lowest BCUT2D eigenvalue weighted by molar-refractivity contribution is 0.787. The Morgan fingerprint density at radius 3 is 2.81 bits per heavy atom. The van der Waals surface area contributed by atoms with Crippen molar-refractivity contribution in [2.75, 3.05) is 0 Å². The van der Waals surface area contributed by atoms with Gasteiger partial charge in [0.2, 0.25) is 0 Å². The molecule has 0 aliphatic carbocycles. The summed E-state index contributed by atoms with van der Waals surface area (Å²) in [5.41, 5.74) is 5.95. The number of aromatic nitrogens is 4. The molecular weight excluding hydrogens is 224 g/mol. The van der Waals surface area contributed by atoms with E-state index in [-0.39, 0.29) is 5.84 Å². The van der Waals surface area contributed by atoms with Gasteiger partial charge in [-0.2, -0.15) is 0 Å². The van der Waals surface area contributed by atoms with Crippen LogP contribution in [0.15, 0.2) is 34.8 Å². The number of nitrogens with two attached hydrogens (primary N) is 1. The highest BCUT2D eigenvalue weighted by Crippen LogP contribution is 2.22. The SMILES string of the molecule is Cn1cnnc1Sc1ccc(C(=N)N)cn1. The van der Waals surface area contributed by atoms with E-state index in [9.17, 15) is 0 Å². The Morgan fingerprint density at radius 1 is 1.50 bits per heavy atom. The number of rotatable bonds is 3. The smallest absolute Gasteiger partial charge is 0.197 e. The van der Waals surface area contributed by atoms with Crippen molar-refractivity contribution >= 4 is 17.6 Å². The number of nitrogen functional groups attached to an aromatic ring is 1. The second-order valence-corrected chi connectivity index (χ2v) is 4.11. The molecule has 0 aliphatic heterocycles. The van der Waals surface area contributed by atoms with E-state index < -0.39 is 0 Å².